The molecular weight excluding hydrogens is 555 g/mol. The third-order valence-corrected chi connectivity index (χ3v) is 7.11. The minimum absolute atomic E-state index is 0.256. The molecule has 0 radical (unpaired) electrons. The Morgan fingerprint density at radius 3 is 2.39 bits per heavy atom. The van der Waals surface area contributed by atoms with Crippen molar-refractivity contribution in [3.63, 3.8) is 0 Å². The number of rotatable bonds is 11. The number of nitrogens with one attached hydrogen (secondary N) is 2. The van der Waals surface area contributed by atoms with Crippen molar-refractivity contribution in [1.82, 2.24) is 9.97 Å². The minimum atomic E-state index is -0.301. The maximum atomic E-state index is 13.7. The Bertz CT molecular complexity index is 1890. The number of nitrogens with zero attached hydrogens (tertiary/aromatic N) is 2. The number of carbonyl (C=O) groups excluding carboxylic acids is 1. The molecule has 6 aromatic rings. The number of fused-ring (bicyclic) bond motifs is 1. The van der Waals surface area contributed by atoms with Crippen molar-refractivity contribution in [2.75, 3.05) is 17.2 Å². The molecule has 7 nitrogen and oxygen atoms in total. The molecule has 4 aromatic carbocycles. The molecule has 1 atom stereocenters. The Hall–Kier alpha value is -5.60. The zero-order valence-electron chi connectivity index (χ0n) is 23.7. The van der Waals surface area contributed by atoms with Crippen LogP contribution in [0.1, 0.15) is 17.2 Å². The van der Waals surface area contributed by atoms with Crippen LogP contribution in [0.3, 0.4) is 0 Å². The van der Waals surface area contributed by atoms with E-state index in [0.29, 0.717) is 35.0 Å². The highest BCUT2D eigenvalue weighted by Crippen LogP contribution is 2.43. The molecule has 1 amide bonds. The molecule has 8 heteroatoms. The fourth-order valence-electron chi connectivity index (χ4n) is 5.02. The first-order chi connectivity index (χ1) is 21.6. The van der Waals surface area contributed by atoms with Gasteiger partial charge in [-0.1, -0.05) is 91.5 Å². The summed E-state index contributed by atoms with van der Waals surface area (Å²) in [5, 5.41) is 7.07. The number of aromatic nitrogens is 2. The van der Waals surface area contributed by atoms with Gasteiger partial charge in [-0.15, -0.1) is 0 Å². The van der Waals surface area contributed by atoms with Gasteiger partial charge in [-0.3, -0.25) is 4.79 Å². The number of furan rings is 1. The lowest BCUT2D eigenvalue weighted by Gasteiger charge is -2.21. The number of benzene rings is 4. The zero-order valence-corrected chi connectivity index (χ0v) is 23.7. The van der Waals surface area contributed by atoms with Crippen LogP contribution in [-0.4, -0.2) is 22.5 Å². The lowest BCUT2D eigenvalue weighted by atomic mass is 9.98. The van der Waals surface area contributed by atoms with Crippen LogP contribution in [0.15, 0.2) is 133 Å². The third-order valence-electron chi connectivity index (χ3n) is 7.11. The van der Waals surface area contributed by atoms with Crippen LogP contribution in [0.4, 0.5) is 15.9 Å². The van der Waals surface area contributed by atoms with Crippen LogP contribution >= 0.6 is 0 Å². The van der Waals surface area contributed by atoms with Gasteiger partial charge >= 0.3 is 0 Å². The van der Waals surface area contributed by atoms with E-state index in [1.165, 1.54) is 24.5 Å². The van der Waals surface area contributed by atoms with Gasteiger partial charge in [0.1, 0.15) is 23.7 Å². The second-order valence-electron chi connectivity index (χ2n) is 10.1. The second-order valence-corrected chi connectivity index (χ2v) is 10.1. The fraction of sp³-hybridized carbons (Fsp3) is 0.0833. The van der Waals surface area contributed by atoms with E-state index in [1.54, 1.807) is 6.07 Å². The summed E-state index contributed by atoms with van der Waals surface area (Å²) in [7, 11) is 0. The number of ether oxygens (including phenoxy) is 1. The van der Waals surface area contributed by atoms with Crippen molar-refractivity contribution in [3.8, 4) is 22.5 Å². The van der Waals surface area contributed by atoms with E-state index < -0.39 is 0 Å². The van der Waals surface area contributed by atoms with Crippen molar-refractivity contribution in [2.24, 2.45) is 0 Å². The van der Waals surface area contributed by atoms with E-state index in [2.05, 4.69) is 27.2 Å². The summed E-state index contributed by atoms with van der Waals surface area (Å²) in [6.45, 7) is 4.07. The second kappa shape index (κ2) is 13.1. The minimum Gasteiger partial charge on any atom is -0.437 e. The lowest BCUT2D eigenvalue weighted by molar-refractivity contribution is -0.111. The summed E-state index contributed by atoms with van der Waals surface area (Å²) in [4.78, 5) is 21.0. The molecular formula is C36H29FN4O3. The number of amides is 1. The lowest BCUT2D eigenvalue weighted by Crippen LogP contribution is -2.18. The maximum absolute atomic E-state index is 13.7. The van der Waals surface area contributed by atoms with Crippen LogP contribution < -0.4 is 10.6 Å². The van der Waals surface area contributed by atoms with Crippen LogP contribution in [-0.2, 0) is 16.1 Å². The first-order valence-electron chi connectivity index (χ1n) is 14.1. The molecule has 0 bridgehead atoms. The Morgan fingerprint density at radius 2 is 1.66 bits per heavy atom. The van der Waals surface area contributed by atoms with Gasteiger partial charge in [0.2, 0.25) is 11.6 Å². The Morgan fingerprint density at radius 1 is 0.909 bits per heavy atom. The Labute approximate surface area is 254 Å². The van der Waals surface area contributed by atoms with E-state index in [1.807, 2.05) is 91.0 Å². The number of hydrogen-bond donors (Lipinski definition) is 2. The van der Waals surface area contributed by atoms with E-state index in [9.17, 15) is 9.18 Å². The molecule has 1 unspecified atom stereocenters. The highest BCUT2D eigenvalue weighted by atomic mass is 19.1. The van der Waals surface area contributed by atoms with Gasteiger partial charge < -0.3 is 19.8 Å². The molecule has 0 fully saturated rings. The SMILES string of the molecule is C=CC(=O)Nc1ccc(-c2c(-c3ccccc3)oc3ncnc(NC(COCc4cccc(F)c4)c4ccccc4)c23)cc1. The van der Waals surface area contributed by atoms with Crippen molar-refractivity contribution in [2.45, 2.75) is 12.6 Å². The van der Waals surface area contributed by atoms with E-state index >= 15 is 0 Å². The maximum Gasteiger partial charge on any atom is 0.247 e. The normalized spacial score (nSPS) is 11.7. The van der Waals surface area contributed by atoms with E-state index in [0.717, 1.165) is 27.8 Å². The molecule has 0 aliphatic rings. The predicted molar refractivity (Wildman–Crippen MR) is 170 cm³/mol. The predicted octanol–water partition coefficient (Wildman–Crippen LogP) is 8.19. The first kappa shape index (κ1) is 28.5. The molecule has 0 aliphatic heterocycles. The van der Waals surface area contributed by atoms with Crippen LogP contribution in [0.25, 0.3) is 33.6 Å². The number of halogens is 1. The smallest absolute Gasteiger partial charge is 0.247 e. The summed E-state index contributed by atoms with van der Waals surface area (Å²) in [5.74, 6) is 0.627. The average Bonchev–Trinajstić information content (AvgIpc) is 3.46. The summed E-state index contributed by atoms with van der Waals surface area (Å²) < 4.78 is 26.2. The molecule has 218 valence electrons. The van der Waals surface area contributed by atoms with Gasteiger partial charge in [0.25, 0.3) is 0 Å². The summed E-state index contributed by atoms with van der Waals surface area (Å²) in [6, 6.07) is 33.3. The van der Waals surface area contributed by atoms with Crippen LogP contribution in [0.2, 0.25) is 0 Å². The number of carbonyl (C=O) groups is 1. The molecule has 0 saturated carbocycles. The van der Waals surface area contributed by atoms with Gasteiger partial charge in [-0.25, -0.2) is 14.4 Å². The summed E-state index contributed by atoms with van der Waals surface area (Å²) in [6.07, 6.45) is 2.70. The van der Waals surface area contributed by atoms with Crippen LogP contribution in [0.5, 0.6) is 0 Å². The fourth-order valence-corrected chi connectivity index (χ4v) is 5.02. The molecule has 0 saturated heterocycles. The highest BCUT2D eigenvalue weighted by Gasteiger charge is 2.24. The molecule has 2 aromatic heterocycles. The van der Waals surface area contributed by atoms with Gasteiger partial charge in [0.15, 0.2) is 0 Å². The van der Waals surface area contributed by atoms with Gasteiger partial charge in [-0.2, -0.15) is 0 Å². The zero-order chi connectivity index (χ0) is 30.3. The molecule has 2 N–H and O–H groups in total. The Balaban J connectivity index is 1.40. The third kappa shape index (κ3) is 6.40. The standard InChI is InChI=1S/C36H29FN4O3/c1-2-31(42)40-29-18-16-26(17-19-29)32-33-35(38-23-39-36(33)44-34(32)27-13-7-4-8-14-27)41-30(25-11-5-3-6-12-25)22-43-21-24-10-9-15-28(37)20-24/h2-20,23,30H,1,21-22H2,(H,40,42)(H,38,39,41). The number of anilines is 2. The monoisotopic (exact) mass is 584 g/mol. The molecule has 6 rings (SSSR count). The largest absolute Gasteiger partial charge is 0.437 e. The molecule has 2 heterocycles. The van der Waals surface area contributed by atoms with Crippen molar-refractivity contribution < 1.29 is 18.3 Å². The van der Waals surface area contributed by atoms with Crippen molar-refractivity contribution in [1.29, 1.82) is 0 Å². The van der Waals surface area contributed by atoms with Gasteiger partial charge in [-0.05, 0) is 47.0 Å². The highest BCUT2D eigenvalue weighted by molar-refractivity contribution is 6.06. The number of hydrogen-bond acceptors (Lipinski definition) is 6. The van der Waals surface area contributed by atoms with Gasteiger partial charge in [0.05, 0.1) is 24.6 Å². The summed E-state index contributed by atoms with van der Waals surface area (Å²) in [5.41, 5.74) is 5.36. The first-order valence-corrected chi connectivity index (χ1v) is 14.1. The average molecular weight is 585 g/mol. The molecule has 0 aliphatic carbocycles. The molecule has 0 spiro atoms. The van der Waals surface area contributed by atoms with Crippen LogP contribution in [0, 0.1) is 5.82 Å². The van der Waals surface area contributed by atoms with Gasteiger partial charge in [0, 0.05) is 16.8 Å². The van der Waals surface area contributed by atoms with E-state index in [4.69, 9.17) is 9.15 Å². The quantitative estimate of drug-likeness (QED) is 0.149. The van der Waals surface area contributed by atoms with Crippen molar-refractivity contribution in [3.05, 3.63) is 145 Å². The van der Waals surface area contributed by atoms with E-state index in [-0.39, 0.29) is 24.4 Å². The topological polar surface area (TPSA) is 89.3 Å². The molecule has 44 heavy (non-hydrogen) atoms. The van der Waals surface area contributed by atoms with Crippen molar-refractivity contribution >= 4 is 28.5 Å². The Kier molecular flexibility index (Phi) is 8.52. The summed E-state index contributed by atoms with van der Waals surface area (Å²) >= 11 is 0.